The highest BCUT2D eigenvalue weighted by Crippen LogP contribution is 2.16. The van der Waals surface area contributed by atoms with Gasteiger partial charge in [0.2, 0.25) is 5.91 Å². The fraction of sp³-hybridized carbons (Fsp3) is 0.862. The van der Waals surface area contributed by atoms with Gasteiger partial charge in [0.25, 0.3) is 0 Å². The van der Waals surface area contributed by atoms with E-state index < -0.39 is 12.1 Å². The highest BCUT2D eigenvalue weighted by Gasteiger charge is 2.18. The van der Waals surface area contributed by atoms with Gasteiger partial charge in [0, 0.05) is 12.8 Å². The minimum Gasteiger partial charge on any atom is -0.466 e. The molecule has 0 aromatic heterocycles. The minimum absolute atomic E-state index is 0.0192. The highest BCUT2D eigenvalue weighted by atomic mass is 16.5. The summed E-state index contributed by atoms with van der Waals surface area (Å²) in [4.78, 5) is 24.5. The predicted octanol–water partition coefficient (Wildman–Crippen LogP) is 17.2. The molecule has 64 heavy (non-hydrogen) atoms. The molecule has 1 amide bonds. The van der Waals surface area contributed by atoms with E-state index in [0.717, 1.165) is 64.2 Å². The van der Waals surface area contributed by atoms with E-state index >= 15 is 0 Å². The molecular weight excluding hydrogens is 791 g/mol. The van der Waals surface area contributed by atoms with Crippen LogP contribution in [0.1, 0.15) is 296 Å². The maximum absolute atomic E-state index is 12.5. The Labute approximate surface area is 398 Å². The molecule has 0 aliphatic heterocycles. The minimum atomic E-state index is -0.858. The third-order valence-corrected chi connectivity index (χ3v) is 12.9. The van der Waals surface area contributed by atoms with Crippen LogP contribution in [0.4, 0.5) is 0 Å². The van der Waals surface area contributed by atoms with Gasteiger partial charge in [-0.1, -0.05) is 256 Å². The smallest absolute Gasteiger partial charge is 0.305 e. The van der Waals surface area contributed by atoms with E-state index in [4.69, 9.17) is 4.74 Å². The van der Waals surface area contributed by atoms with Crippen molar-refractivity contribution < 1.29 is 24.5 Å². The fourth-order valence-corrected chi connectivity index (χ4v) is 8.55. The molecule has 6 nitrogen and oxygen atoms in total. The molecule has 2 unspecified atom stereocenters. The summed E-state index contributed by atoms with van der Waals surface area (Å²) in [5, 5.41) is 23.1. The summed E-state index contributed by atoms with van der Waals surface area (Å²) >= 11 is 0. The molecule has 2 atom stereocenters. The van der Waals surface area contributed by atoms with Crippen molar-refractivity contribution in [1.82, 2.24) is 5.32 Å². The molecule has 0 fully saturated rings. The summed E-state index contributed by atoms with van der Waals surface area (Å²) in [6, 6.07) is -0.643. The van der Waals surface area contributed by atoms with Gasteiger partial charge in [-0.3, -0.25) is 9.59 Å². The van der Waals surface area contributed by atoms with E-state index in [2.05, 4.69) is 43.5 Å². The molecule has 376 valence electrons. The molecule has 0 rings (SSSR count). The molecule has 3 N–H and O–H groups in total. The number of hydrogen-bond acceptors (Lipinski definition) is 5. The number of ether oxygens (including phenoxy) is 1. The molecule has 0 spiro atoms. The maximum Gasteiger partial charge on any atom is 0.305 e. The number of aliphatic hydroxyl groups excluding tert-OH is 2. The third-order valence-electron chi connectivity index (χ3n) is 12.9. The number of nitrogens with one attached hydrogen (secondary N) is 1. The van der Waals surface area contributed by atoms with Crippen molar-refractivity contribution in [2.24, 2.45) is 0 Å². The Hall–Kier alpha value is -1.92. The summed E-state index contributed by atoms with van der Waals surface area (Å²) < 4.78 is 5.47. The van der Waals surface area contributed by atoms with Gasteiger partial charge in [-0.15, -0.1) is 0 Å². The Kier molecular flexibility index (Phi) is 52.1. The van der Waals surface area contributed by atoms with Crippen LogP contribution in [-0.2, 0) is 14.3 Å². The standard InChI is InChI=1S/C58H109NO5/c1-3-5-7-9-11-13-15-17-19-21-22-24-26-28-32-36-40-44-48-52-58(63)64-53-49-45-41-37-33-29-31-35-39-43-47-51-57(62)59-55(54-60)56(61)50-46-42-38-34-30-27-25-23-20-18-16-14-12-10-8-6-4-2/h11,13,17,19,46,50,55-56,60-61H,3-10,12,14-16,18,20-45,47-49,51-54H2,1-2H3,(H,59,62)/b13-11-,19-17-,50-46+. The maximum atomic E-state index is 12.5. The van der Waals surface area contributed by atoms with Gasteiger partial charge in [0.05, 0.1) is 25.4 Å². The molecule has 0 saturated carbocycles. The number of unbranched alkanes of at least 4 members (excludes halogenated alkanes) is 37. The highest BCUT2D eigenvalue weighted by molar-refractivity contribution is 5.76. The normalized spacial score (nSPS) is 12.9. The van der Waals surface area contributed by atoms with Crippen molar-refractivity contribution in [2.75, 3.05) is 13.2 Å². The van der Waals surface area contributed by atoms with Crippen molar-refractivity contribution in [2.45, 2.75) is 309 Å². The Bertz CT molecular complexity index is 1040. The van der Waals surface area contributed by atoms with Crippen molar-refractivity contribution in [3.05, 3.63) is 36.5 Å². The lowest BCUT2D eigenvalue weighted by molar-refractivity contribution is -0.143. The molecule has 0 aliphatic carbocycles. The number of amides is 1. The Balaban J connectivity index is 3.49. The van der Waals surface area contributed by atoms with Crippen LogP contribution in [0.25, 0.3) is 0 Å². The number of aliphatic hydroxyl groups is 2. The van der Waals surface area contributed by atoms with E-state index in [1.807, 2.05) is 6.08 Å². The van der Waals surface area contributed by atoms with Crippen molar-refractivity contribution in [3.8, 4) is 0 Å². The number of carbonyl (C=O) groups is 2. The third kappa shape index (κ3) is 49.5. The fourth-order valence-electron chi connectivity index (χ4n) is 8.55. The number of esters is 1. The lowest BCUT2D eigenvalue weighted by Gasteiger charge is -2.20. The number of carbonyl (C=O) groups excluding carboxylic acids is 2. The van der Waals surface area contributed by atoms with Gasteiger partial charge < -0.3 is 20.3 Å². The van der Waals surface area contributed by atoms with Crippen LogP contribution in [0.3, 0.4) is 0 Å². The Morgan fingerprint density at radius 1 is 0.438 bits per heavy atom. The molecule has 0 aromatic carbocycles. The summed E-state index contributed by atoms with van der Waals surface area (Å²) in [5.74, 6) is -0.105. The van der Waals surface area contributed by atoms with Gasteiger partial charge in [-0.05, 0) is 64.2 Å². The van der Waals surface area contributed by atoms with Gasteiger partial charge >= 0.3 is 5.97 Å². The average Bonchev–Trinajstić information content (AvgIpc) is 3.29. The first-order valence-corrected chi connectivity index (χ1v) is 28.3. The monoisotopic (exact) mass is 900 g/mol. The van der Waals surface area contributed by atoms with E-state index in [1.54, 1.807) is 6.08 Å². The van der Waals surface area contributed by atoms with Gasteiger partial charge in [-0.25, -0.2) is 0 Å². The second-order valence-corrected chi connectivity index (χ2v) is 19.3. The van der Waals surface area contributed by atoms with E-state index in [9.17, 15) is 19.8 Å². The lowest BCUT2D eigenvalue weighted by atomic mass is 10.0. The molecule has 0 bridgehead atoms. The van der Waals surface area contributed by atoms with E-state index in [1.165, 1.54) is 205 Å². The van der Waals surface area contributed by atoms with Crippen LogP contribution in [-0.4, -0.2) is 47.4 Å². The topological polar surface area (TPSA) is 95.9 Å². The predicted molar refractivity (Wildman–Crippen MR) is 278 cm³/mol. The number of rotatable bonds is 52. The average molecular weight is 901 g/mol. The second-order valence-electron chi connectivity index (χ2n) is 19.3. The largest absolute Gasteiger partial charge is 0.466 e. The first-order chi connectivity index (χ1) is 31.5. The van der Waals surface area contributed by atoms with Crippen LogP contribution in [0.15, 0.2) is 36.5 Å². The second kappa shape index (κ2) is 53.7. The Morgan fingerprint density at radius 3 is 1.22 bits per heavy atom. The van der Waals surface area contributed by atoms with Crippen molar-refractivity contribution in [3.63, 3.8) is 0 Å². The number of allylic oxidation sites excluding steroid dienone is 5. The SMILES string of the molecule is CCCCC/C=C\C/C=C\CCCCCCCCCCCC(=O)OCCCCCCCCCCCCCC(=O)NC(CO)C(O)/C=C/CCCCCCCCCCCCCCCCC. The van der Waals surface area contributed by atoms with Crippen LogP contribution < -0.4 is 5.32 Å². The van der Waals surface area contributed by atoms with E-state index in [0.29, 0.717) is 19.4 Å². The van der Waals surface area contributed by atoms with Crippen LogP contribution in [0.2, 0.25) is 0 Å². The zero-order valence-corrected chi connectivity index (χ0v) is 42.8. The molecule has 0 radical (unpaired) electrons. The van der Waals surface area contributed by atoms with E-state index in [-0.39, 0.29) is 18.5 Å². The van der Waals surface area contributed by atoms with Gasteiger partial charge in [0.15, 0.2) is 0 Å². The first-order valence-electron chi connectivity index (χ1n) is 28.3. The number of hydrogen-bond donors (Lipinski definition) is 3. The first kappa shape index (κ1) is 62.1. The lowest BCUT2D eigenvalue weighted by Crippen LogP contribution is -2.45. The van der Waals surface area contributed by atoms with Crippen LogP contribution >= 0.6 is 0 Å². The summed E-state index contributed by atoms with van der Waals surface area (Å²) in [6.45, 7) is 4.84. The summed E-state index contributed by atoms with van der Waals surface area (Å²) in [7, 11) is 0. The quantitative estimate of drug-likeness (QED) is 0.0321. The summed E-state index contributed by atoms with van der Waals surface area (Å²) in [5.41, 5.74) is 0. The molecule has 0 heterocycles. The zero-order valence-electron chi connectivity index (χ0n) is 42.8. The molecular formula is C58H109NO5. The van der Waals surface area contributed by atoms with Crippen molar-refractivity contribution >= 4 is 11.9 Å². The van der Waals surface area contributed by atoms with Gasteiger partial charge in [0.1, 0.15) is 0 Å². The molecule has 0 aliphatic rings. The van der Waals surface area contributed by atoms with Gasteiger partial charge in [-0.2, -0.15) is 0 Å². The molecule has 6 heteroatoms. The Morgan fingerprint density at radius 2 is 0.781 bits per heavy atom. The van der Waals surface area contributed by atoms with Crippen LogP contribution in [0.5, 0.6) is 0 Å². The van der Waals surface area contributed by atoms with Crippen LogP contribution in [0, 0.1) is 0 Å². The summed E-state index contributed by atoms with van der Waals surface area (Å²) in [6.07, 6.45) is 65.8. The van der Waals surface area contributed by atoms with Crippen molar-refractivity contribution in [1.29, 1.82) is 0 Å². The molecule has 0 aromatic rings. The zero-order chi connectivity index (χ0) is 46.5. The molecule has 0 saturated heterocycles.